The largest absolute Gasteiger partial charge is 0.379 e. The van der Waals surface area contributed by atoms with E-state index in [4.69, 9.17) is 9.47 Å². The molecule has 8 nitrogen and oxygen atoms in total. The number of hydrogen-bond acceptors (Lipinski definition) is 7. The number of benzene rings is 1. The molecule has 0 N–H and O–H groups in total. The minimum atomic E-state index is -0.431. The summed E-state index contributed by atoms with van der Waals surface area (Å²) in [7, 11) is 5.02. The number of methoxy groups -OCH3 is 2. The van der Waals surface area contributed by atoms with Gasteiger partial charge in [0.15, 0.2) is 0 Å². The number of thiazole rings is 1. The Hall–Kier alpha value is -2.62. The van der Waals surface area contributed by atoms with Gasteiger partial charge in [-0.05, 0) is 30.7 Å². The Morgan fingerprint density at radius 2 is 1.83 bits per heavy atom. The SMILES string of the molecule is CC[C@H](C)[C@@H]([C@@H](CC(=O)N1CCC[C@H]1[C@H](OC)[C@@H](C)C(=O)C[C@@H](Cc1ccccc1)c1nccs1)OC)N(C)C(C)=O. The predicted molar refractivity (Wildman–Crippen MR) is 166 cm³/mol. The van der Waals surface area contributed by atoms with Crippen LogP contribution in [0.4, 0.5) is 0 Å². The van der Waals surface area contributed by atoms with Crippen molar-refractivity contribution in [3.63, 3.8) is 0 Å². The fourth-order valence-electron chi connectivity index (χ4n) is 6.41. The van der Waals surface area contributed by atoms with Gasteiger partial charge in [-0.2, -0.15) is 0 Å². The fourth-order valence-corrected chi connectivity index (χ4v) is 7.16. The zero-order chi connectivity index (χ0) is 30.8. The quantitative estimate of drug-likeness (QED) is 0.258. The van der Waals surface area contributed by atoms with Crippen LogP contribution >= 0.6 is 11.3 Å². The summed E-state index contributed by atoms with van der Waals surface area (Å²) in [6.45, 7) is 8.26. The molecule has 0 radical (unpaired) electrons. The molecule has 0 saturated carbocycles. The summed E-state index contributed by atoms with van der Waals surface area (Å²) in [4.78, 5) is 47.9. The molecule has 42 heavy (non-hydrogen) atoms. The number of likely N-dealkylation sites (N-methyl/N-ethyl adjacent to an activating group) is 1. The minimum absolute atomic E-state index is 0.0145. The van der Waals surface area contributed by atoms with Gasteiger partial charge in [0.25, 0.3) is 0 Å². The summed E-state index contributed by atoms with van der Waals surface area (Å²) >= 11 is 1.58. The Labute approximate surface area is 255 Å². The first-order chi connectivity index (χ1) is 20.1. The second kappa shape index (κ2) is 16.3. The molecule has 0 aliphatic carbocycles. The standard InChI is InChI=1S/C33H49N3O5S/c1-8-22(2)31(35(5)24(4)37)29(40-6)21-30(39)36-17-12-15-27(36)32(41-7)23(3)28(38)20-26(33-34-16-18-42-33)19-25-13-10-9-11-14-25/h9-11,13-14,16,18,22-23,26-27,29,31-32H,8,12,15,17,19-21H2,1-7H3/t22-,23-,26+,27-,29+,31-,32+/m0/s1. The van der Waals surface area contributed by atoms with Gasteiger partial charge in [0.1, 0.15) is 5.78 Å². The van der Waals surface area contributed by atoms with Gasteiger partial charge in [-0.15, -0.1) is 11.3 Å². The van der Waals surface area contributed by atoms with Crippen LogP contribution in [0.15, 0.2) is 41.9 Å². The highest BCUT2D eigenvalue weighted by Gasteiger charge is 2.42. The van der Waals surface area contributed by atoms with Crippen molar-refractivity contribution in [3.8, 4) is 0 Å². The third-order valence-electron chi connectivity index (χ3n) is 9.08. The van der Waals surface area contributed by atoms with E-state index in [1.54, 1.807) is 50.6 Å². The minimum Gasteiger partial charge on any atom is -0.379 e. The van der Waals surface area contributed by atoms with E-state index < -0.39 is 12.2 Å². The highest BCUT2D eigenvalue weighted by Crippen LogP contribution is 2.32. The van der Waals surface area contributed by atoms with E-state index in [0.29, 0.717) is 13.0 Å². The highest BCUT2D eigenvalue weighted by molar-refractivity contribution is 7.09. The molecule has 3 rings (SSSR count). The summed E-state index contributed by atoms with van der Waals surface area (Å²) in [6.07, 6.45) is 4.71. The molecule has 232 valence electrons. The number of Topliss-reactive ketones (excluding diaryl/α,β-unsaturated/α-hetero) is 1. The molecule has 9 heteroatoms. The lowest BCUT2D eigenvalue weighted by Crippen LogP contribution is -2.52. The first-order valence-electron chi connectivity index (χ1n) is 15.2. The van der Waals surface area contributed by atoms with Gasteiger partial charge < -0.3 is 19.3 Å². The van der Waals surface area contributed by atoms with Gasteiger partial charge in [0.05, 0.1) is 35.7 Å². The summed E-state index contributed by atoms with van der Waals surface area (Å²) in [6, 6.07) is 9.79. The normalized spacial score (nSPS) is 19.5. The highest BCUT2D eigenvalue weighted by atomic mass is 32.1. The predicted octanol–water partition coefficient (Wildman–Crippen LogP) is 5.37. The maximum Gasteiger partial charge on any atom is 0.225 e. The smallest absolute Gasteiger partial charge is 0.225 e. The van der Waals surface area contributed by atoms with E-state index in [2.05, 4.69) is 31.0 Å². The average molecular weight is 600 g/mol. The van der Waals surface area contributed by atoms with E-state index in [1.807, 2.05) is 35.4 Å². The molecule has 2 aromatic rings. The number of carbonyl (C=O) groups excluding carboxylic acids is 3. The summed E-state index contributed by atoms with van der Waals surface area (Å²) in [5, 5.41) is 2.91. The van der Waals surface area contributed by atoms with Crippen molar-refractivity contribution in [1.29, 1.82) is 0 Å². The molecule has 1 aliphatic rings. The molecule has 0 bridgehead atoms. The van der Waals surface area contributed by atoms with Gasteiger partial charge in [0.2, 0.25) is 11.8 Å². The Bertz CT molecular complexity index is 1130. The lowest BCUT2D eigenvalue weighted by molar-refractivity contribution is -0.145. The van der Waals surface area contributed by atoms with Crippen LogP contribution in [0.5, 0.6) is 0 Å². The molecule has 1 aromatic carbocycles. The first kappa shape index (κ1) is 33.9. The van der Waals surface area contributed by atoms with Gasteiger partial charge in [-0.3, -0.25) is 14.4 Å². The lowest BCUT2D eigenvalue weighted by Gasteiger charge is -2.39. The van der Waals surface area contributed by atoms with Crippen LogP contribution in [0.1, 0.15) is 76.3 Å². The van der Waals surface area contributed by atoms with Crippen LogP contribution in [0.25, 0.3) is 0 Å². The molecule has 0 unspecified atom stereocenters. The number of ether oxygens (including phenoxy) is 2. The van der Waals surface area contributed by atoms with Gasteiger partial charge in [0, 0.05) is 64.6 Å². The zero-order valence-electron chi connectivity index (χ0n) is 26.3. The topological polar surface area (TPSA) is 89.0 Å². The molecule has 2 amide bonds. The Morgan fingerprint density at radius 1 is 1.12 bits per heavy atom. The number of hydrogen-bond donors (Lipinski definition) is 0. The van der Waals surface area contributed by atoms with Crippen molar-refractivity contribution in [1.82, 2.24) is 14.8 Å². The number of ketones is 1. The lowest BCUT2D eigenvalue weighted by atomic mass is 9.85. The zero-order valence-corrected chi connectivity index (χ0v) is 27.1. The third kappa shape index (κ3) is 8.48. The second-order valence-electron chi connectivity index (χ2n) is 11.7. The van der Waals surface area contributed by atoms with Gasteiger partial charge in [-0.25, -0.2) is 4.98 Å². The summed E-state index contributed by atoms with van der Waals surface area (Å²) in [5.74, 6) is -0.199. The van der Waals surface area contributed by atoms with E-state index in [1.165, 1.54) is 5.56 Å². The van der Waals surface area contributed by atoms with Crippen LogP contribution in [0.3, 0.4) is 0 Å². The van der Waals surface area contributed by atoms with E-state index in [9.17, 15) is 14.4 Å². The Balaban J connectivity index is 1.74. The van der Waals surface area contributed by atoms with Crippen molar-refractivity contribution in [2.45, 2.75) is 96.4 Å². The number of aromatic nitrogens is 1. The maximum atomic E-state index is 13.8. The van der Waals surface area contributed by atoms with E-state index in [-0.39, 0.29) is 53.9 Å². The summed E-state index contributed by atoms with van der Waals surface area (Å²) in [5.41, 5.74) is 1.17. The Morgan fingerprint density at radius 3 is 2.40 bits per heavy atom. The molecule has 1 fully saturated rings. The van der Waals surface area contributed by atoms with Crippen LogP contribution in [0.2, 0.25) is 0 Å². The second-order valence-corrected chi connectivity index (χ2v) is 12.6. The van der Waals surface area contributed by atoms with Crippen LogP contribution in [0, 0.1) is 11.8 Å². The maximum absolute atomic E-state index is 13.8. The van der Waals surface area contributed by atoms with Crippen LogP contribution in [-0.2, 0) is 30.3 Å². The fraction of sp³-hybridized carbons (Fsp3) is 0.636. The van der Waals surface area contributed by atoms with Crippen molar-refractivity contribution in [2.24, 2.45) is 11.8 Å². The monoisotopic (exact) mass is 599 g/mol. The van der Waals surface area contributed by atoms with Gasteiger partial charge >= 0.3 is 0 Å². The van der Waals surface area contributed by atoms with Gasteiger partial charge in [-0.1, -0.05) is 57.5 Å². The molecule has 7 atom stereocenters. The van der Waals surface area contributed by atoms with E-state index in [0.717, 1.165) is 30.7 Å². The van der Waals surface area contributed by atoms with Crippen molar-refractivity contribution in [2.75, 3.05) is 27.8 Å². The van der Waals surface area contributed by atoms with Crippen molar-refractivity contribution in [3.05, 3.63) is 52.5 Å². The number of amides is 2. The molecule has 1 aromatic heterocycles. The number of likely N-dealkylation sites (tertiary alicyclic amines) is 1. The van der Waals surface area contributed by atoms with Crippen LogP contribution < -0.4 is 0 Å². The number of nitrogens with zero attached hydrogens (tertiary/aromatic N) is 3. The summed E-state index contributed by atoms with van der Waals surface area (Å²) < 4.78 is 11.8. The first-order valence-corrected chi connectivity index (χ1v) is 16.0. The molecule has 1 saturated heterocycles. The van der Waals surface area contributed by atoms with Crippen molar-refractivity contribution >= 4 is 28.9 Å². The molecular formula is C33H49N3O5S. The Kier molecular flexibility index (Phi) is 13.1. The van der Waals surface area contributed by atoms with Crippen LogP contribution in [-0.4, -0.2) is 84.5 Å². The molecular weight excluding hydrogens is 550 g/mol. The van der Waals surface area contributed by atoms with Crippen molar-refractivity contribution < 1.29 is 23.9 Å². The van der Waals surface area contributed by atoms with E-state index >= 15 is 0 Å². The number of carbonyl (C=O) groups is 3. The number of rotatable bonds is 16. The molecule has 1 aliphatic heterocycles. The molecule has 2 heterocycles. The third-order valence-corrected chi connectivity index (χ3v) is 10.0. The average Bonchev–Trinajstić information content (AvgIpc) is 3.70. The molecule has 0 spiro atoms.